The normalized spacial score (nSPS) is 10.4. The lowest BCUT2D eigenvalue weighted by Gasteiger charge is -2.09. The van der Waals surface area contributed by atoms with Crippen LogP contribution in [0.25, 0.3) is 0 Å². The quantitative estimate of drug-likeness (QED) is 0.834. The summed E-state index contributed by atoms with van der Waals surface area (Å²) >= 11 is 8.99. The fourth-order valence-corrected chi connectivity index (χ4v) is 2.11. The molecule has 2 aromatic carbocycles. The fraction of sp³-hybridized carbons (Fsp3) is 0.0769. The minimum atomic E-state index is -0.365. The van der Waals surface area contributed by atoms with E-state index in [2.05, 4.69) is 21.2 Å². The molecule has 0 aliphatic heterocycles. The molecule has 0 heterocycles. The van der Waals surface area contributed by atoms with Crippen LogP contribution in [0.3, 0.4) is 0 Å². The van der Waals surface area contributed by atoms with Gasteiger partial charge in [-0.1, -0.05) is 17.7 Å². The Hall–Kier alpha value is -1.13. The van der Waals surface area contributed by atoms with Gasteiger partial charge in [-0.25, -0.2) is 8.78 Å². The van der Waals surface area contributed by atoms with Gasteiger partial charge in [0.05, 0.1) is 4.47 Å². The third kappa shape index (κ3) is 3.00. The molecular weight excluding hydrogens is 324 g/mol. The summed E-state index contributed by atoms with van der Waals surface area (Å²) in [5, 5.41) is 3.35. The van der Waals surface area contributed by atoms with Crippen molar-refractivity contribution in [2.75, 3.05) is 5.32 Å². The smallest absolute Gasteiger partial charge is 0.137 e. The van der Waals surface area contributed by atoms with Gasteiger partial charge in [-0.3, -0.25) is 0 Å². The lowest BCUT2D eigenvalue weighted by Crippen LogP contribution is -2.02. The van der Waals surface area contributed by atoms with Gasteiger partial charge >= 0.3 is 0 Å². The summed E-state index contributed by atoms with van der Waals surface area (Å²) in [6.45, 7) is 0.240. The van der Waals surface area contributed by atoms with E-state index in [9.17, 15) is 8.78 Å². The van der Waals surface area contributed by atoms with E-state index in [-0.39, 0.29) is 18.2 Å². The number of rotatable bonds is 3. The van der Waals surface area contributed by atoms with Gasteiger partial charge in [-0.05, 0) is 46.3 Å². The number of nitrogens with one attached hydrogen (secondary N) is 1. The van der Waals surface area contributed by atoms with Crippen molar-refractivity contribution >= 4 is 33.2 Å². The maximum absolute atomic E-state index is 13.5. The van der Waals surface area contributed by atoms with Gasteiger partial charge in [0, 0.05) is 22.8 Å². The van der Waals surface area contributed by atoms with Crippen molar-refractivity contribution in [2.45, 2.75) is 6.54 Å². The predicted molar refractivity (Wildman–Crippen MR) is 72.8 cm³/mol. The Labute approximate surface area is 117 Å². The number of benzene rings is 2. The van der Waals surface area contributed by atoms with Crippen LogP contribution < -0.4 is 5.32 Å². The number of halogens is 4. The zero-order chi connectivity index (χ0) is 13.1. The van der Waals surface area contributed by atoms with E-state index in [0.717, 1.165) is 0 Å². The van der Waals surface area contributed by atoms with Crippen LogP contribution in [0.5, 0.6) is 0 Å². The molecule has 0 aromatic heterocycles. The van der Waals surface area contributed by atoms with Gasteiger partial charge in [0.2, 0.25) is 0 Å². The number of anilines is 1. The first-order chi connectivity index (χ1) is 8.58. The van der Waals surface area contributed by atoms with E-state index >= 15 is 0 Å². The molecule has 1 N–H and O–H groups in total. The third-order valence-electron chi connectivity index (χ3n) is 2.45. The van der Waals surface area contributed by atoms with Gasteiger partial charge in [0.1, 0.15) is 11.6 Å². The summed E-state index contributed by atoms with van der Waals surface area (Å²) in [5.41, 5.74) is 1.07. The molecule has 94 valence electrons. The zero-order valence-electron chi connectivity index (χ0n) is 9.18. The van der Waals surface area contributed by atoms with E-state index in [1.165, 1.54) is 12.1 Å². The molecule has 0 saturated heterocycles. The third-order valence-corrected chi connectivity index (χ3v) is 3.41. The van der Waals surface area contributed by atoms with Crippen LogP contribution in [-0.2, 0) is 6.54 Å². The van der Waals surface area contributed by atoms with Crippen LogP contribution in [-0.4, -0.2) is 0 Å². The summed E-state index contributed by atoms with van der Waals surface area (Å²) in [7, 11) is 0. The van der Waals surface area contributed by atoms with E-state index in [4.69, 9.17) is 11.6 Å². The molecule has 2 aromatic rings. The van der Waals surface area contributed by atoms with E-state index < -0.39 is 0 Å². The summed E-state index contributed by atoms with van der Waals surface area (Å²) in [6.07, 6.45) is 0. The molecule has 2 rings (SSSR count). The van der Waals surface area contributed by atoms with Gasteiger partial charge in [0.25, 0.3) is 0 Å². The largest absolute Gasteiger partial charge is 0.381 e. The number of hydrogen-bond donors (Lipinski definition) is 1. The SMILES string of the molecule is Fc1ccc(NCc2c(F)cccc2Cl)cc1Br. The standard InChI is InChI=1S/C13H9BrClF2N/c14-10-6-8(4-5-13(10)17)18-7-9-11(15)2-1-3-12(9)16/h1-6,18H,7H2. The summed E-state index contributed by atoms with van der Waals surface area (Å²) in [5.74, 6) is -0.708. The summed E-state index contributed by atoms with van der Waals surface area (Å²) < 4.78 is 26.9. The average molecular weight is 333 g/mol. The molecule has 0 bridgehead atoms. The minimum Gasteiger partial charge on any atom is -0.381 e. The average Bonchev–Trinajstić information content (AvgIpc) is 2.33. The number of hydrogen-bond acceptors (Lipinski definition) is 1. The molecule has 5 heteroatoms. The van der Waals surface area contributed by atoms with Crippen molar-refractivity contribution in [1.82, 2.24) is 0 Å². The second-order valence-corrected chi connectivity index (χ2v) is 4.94. The second-order valence-electron chi connectivity index (χ2n) is 3.68. The Morgan fingerprint density at radius 1 is 1.11 bits per heavy atom. The minimum absolute atomic E-state index is 0.240. The molecule has 0 saturated carbocycles. The Kier molecular flexibility index (Phi) is 4.19. The van der Waals surface area contributed by atoms with Crippen LogP contribution in [0.2, 0.25) is 5.02 Å². The molecule has 0 unspecified atom stereocenters. The molecule has 0 spiro atoms. The van der Waals surface area contributed by atoms with Crippen molar-refractivity contribution in [3.05, 3.63) is 63.1 Å². The molecular formula is C13H9BrClF2N. The molecule has 18 heavy (non-hydrogen) atoms. The van der Waals surface area contributed by atoms with Gasteiger partial charge in [0.15, 0.2) is 0 Å². The van der Waals surface area contributed by atoms with Crippen molar-refractivity contribution in [3.8, 4) is 0 Å². The maximum Gasteiger partial charge on any atom is 0.137 e. The second kappa shape index (κ2) is 5.67. The molecule has 0 aliphatic carbocycles. The van der Waals surface area contributed by atoms with Crippen molar-refractivity contribution in [2.24, 2.45) is 0 Å². The topological polar surface area (TPSA) is 12.0 Å². The predicted octanol–water partition coefficient (Wildman–Crippen LogP) is 4.99. The van der Waals surface area contributed by atoms with Crippen molar-refractivity contribution < 1.29 is 8.78 Å². The Balaban J connectivity index is 2.14. The van der Waals surface area contributed by atoms with E-state index in [1.807, 2.05) is 0 Å². The van der Waals surface area contributed by atoms with Crippen LogP contribution in [0.4, 0.5) is 14.5 Å². The lowest BCUT2D eigenvalue weighted by atomic mass is 10.2. The highest BCUT2D eigenvalue weighted by molar-refractivity contribution is 9.10. The maximum atomic E-state index is 13.5. The van der Waals surface area contributed by atoms with Crippen LogP contribution in [0, 0.1) is 11.6 Å². The molecule has 0 atom stereocenters. The highest BCUT2D eigenvalue weighted by Crippen LogP contribution is 2.23. The first kappa shape index (κ1) is 13.3. The Bertz CT molecular complexity index is 555. The highest BCUT2D eigenvalue weighted by Gasteiger charge is 2.07. The first-order valence-electron chi connectivity index (χ1n) is 5.20. The highest BCUT2D eigenvalue weighted by atomic mass is 79.9. The van der Waals surface area contributed by atoms with Crippen molar-refractivity contribution in [3.63, 3.8) is 0 Å². The van der Waals surface area contributed by atoms with Gasteiger partial charge in [-0.2, -0.15) is 0 Å². The lowest BCUT2D eigenvalue weighted by molar-refractivity contribution is 0.612. The molecule has 0 amide bonds. The van der Waals surface area contributed by atoms with Crippen LogP contribution >= 0.6 is 27.5 Å². The van der Waals surface area contributed by atoms with Crippen molar-refractivity contribution in [1.29, 1.82) is 0 Å². The Morgan fingerprint density at radius 3 is 2.56 bits per heavy atom. The summed E-state index contributed by atoms with van der Waals surface area (Å²) in [6, 6.07) is 9.02. The molecule has 0 fully saturated rings. The fourth-order valence-electron chi connectivity index (χ4n) is 1.50. The molecule has 0 aliphatic rings. The first-order valence-corrected chi connectivity index (χ1v) is 6.37. The van der Waals surface area contributed by atoms with Crippen LogP contribution in [0.15, 0.2) is 40.9 Å². The molecule has 1 nitrogen and oxygen atoms in total. The van der Waals surface area contributed by atoms with Gasteiger partial charge in [-0.15, -0.1) is 0 Å². The van der Waals surface area contributed by atoms with Crippen LogP contribution in [0.1, 0.15) is 5.56 Å². The zero-order valence-corrected chi connectivity index (χ0v) is 11.5. The molecule has 0 radical (unpaired) electrons. The monoisotopic (exact) mass is 331 g/mol. The van der Waals surface area contributed by atoms with E-state index in [0.29, 0.717) is 20.7 Å². The van der Waals surface area contributed by atoms with Gasteiger partial charge < -0.3 is 5.32 Å². The Morgan fingerprint density at radius 2 is 1.89 bits per heavy atom. The summed E-state index contributed by atoms with van der Waals surface area (Å²) in [4.78, 5) is 0. The van der Waals surface area contributed by atoms with E-state index in [1.54, 1.807) is 24.3 Å².